The minimum absolute atomic E-state index is 0.527. The quantitative estimate of drug-likeness (QED) is 0.408. The number of amides is 1. The van der Waals surface area contributed by atoms with Crippen molar-refractivity contribution in [2.45, 2.75) is 6.92 Å². The van der Waals surface area contributed by atoms with E-state index in [0.29, 0.717) is 0 Å². The summed E-state index contributed by atoms with van der Waals surface area (Å²) in [5, 5.41) is 8.21. The van der Waals surface area contributed by atoms with E-state index in [9.17, 15) is 4.79 Å². The lowest BCUT2D eigenvalue weighted by Crippen LogP contribution is -2.14. The molecule has 1 amide bonds. The number of nitrogens with one attached hydrogen (secondary N) is 1. The number of benzene rings is 1. The topological polar surface area (TPSA) is 49.3 Å². The van der Waals surface area contributed by atoms with Crippen LogP contribution in [-0.2, 0) is 4.79 Å². The third kappa shape index (κ3) is 3.09. The van der Waals surface area contributed by atoms with Gasteiger partial charge in [-0.25, -0.2) is 5.48 Å². The van der Waals surface area contributed by atoms with Crippen LogP contribution in [0, 0.1) is 6.92 Å². The molecule has 3 heteroatoms. The van der Waals surface area contributed by atoms with Crippen molar-refractivity contribution in [1.29, 1.82) is 0 Å². The monoisotopic (exact) mass is 177 g/mol. The maximum absolute atomic E-state index is 10.6. The number of hydrogen-bond acceptors (Lipinski definition) is 2. The first-order chi connectivity index (χ1) is 6.22. The number of aryl methyl sites for hydroxylation is 1. The average Bonchev–Trinajstić information content (AvgIpc) is 2.16. The van der Waals surface area contributed by atoms with Crippen LogP contribution in [0.1, 0.15) is 11.1 Å². The van der Waals surface area contributed by atoms with Gasteiger partial charge in [0.15, 0.2) is 0 Å². The molecule has 1 aromatic rings. The third-order valence-corrected chi connectivity index (χ3v) is 1.61. The van der Waals surface area contributed by atoms with Crippen LogP contribution < -0.4 is 5.48 Å². The molecule has 0 unspecified atom stereocenters. The number of hydroxylamine groups is 1. The van der Waals surface area contributed by atoms with Crippen molar-refractivity contribution < 1.29 is 10.0 Å². The predicted molar refractivity (Wildman–Crippen MR) is 50.1 cm³/mol. The van der Waals surface area contributed by atoms with Crippen molar-refractivity contribution >= 4 is 12.0 Å². The Morgan fingerprint density at radius 3 is 2.54 bits per heavy atom. The average molecular weight is 177 g/mol. The van der Waals surface area contributed by atoms with E-state index in [1.54, 1.807) is 6.08 Å². The molecule has 0 saturated carbocycles. The van der Waals surface area contributed by atoms with Crippen LogP contribution in [0.5, 0.6) is 0 Å². The van der Waals surface area contributed by atoms with Gasteiger partial charge in [0.2, 0.25) is 0 Å². The smallest absolute Gasteiger partial charge is 0.267 e. The third-order valence-electron chi connectivity index (χ3n) is 1.61. The number of carbonyl (C=O) groups is 1. The van der Waals surface area contributed by atoms with Crippen molar-refractivity contribution in [3.8, 4) is 0 Å². The van der Waals surface area contributed by atoms with Gasteiger partial charge >= 0.3 is 0 Å². The summed E-state index contributed by atoms with van der Waals surface area (Å²) in [5.74, 6) is -0.527. The molecule has 13 heavy (non-hydrogen) atoms. The molecule has 0 radical (unpaired) electrons. The molecule has 0 atom stereocenters. The van der Waals surface area contributed by atoms with E-state index in [4.69, 9.17) is 5.21 Å². The summed E-state index contributed by atoms with van der Waals surface area (Å²) in [6, 6.07) is 7.71. The molecule has 1 rings (SSSR count). The fraction of sp³-hybridized carbons (Fsp3) is 0.100. The summed E-state index contributed by atoms with van der Waals surface area (Å²) < 4.78 is 0. The Balaban J connectivity index is 2.69. The van der Waals surface area contributed by atoms with E-state index in [-0.39, 0.29) is 0 Å². The van der Waals surface area contributed by atoms with Crippen LogP contribution in [0.2, 0.25) is 0 Å². The first-order valence-corrected chi connectivity index (χ1v) is 3.91. The Morgan fingerprint density at radius 1 is 1.38 bits per heavy atom. The van der Waals surface area contributed by atoms with E-state index in [1.807, 2.05) is 31.2 Å². The van der Waals surface area contributed by atoms with Gasteiger partial charge in [-0.2, -0.15) is 0 Å². The summed E-state index contributed by atoms with van der Waals surface area (Å²) in [5.41, 5.74) is 3.62. The maximum atomic E-state index is 10.6. The van der Waals surface area contributed by atoms with Crippen LogP contribution in [0.15, 0.2) is 30.3 Å². The highest BCUT2D eigenvalue weighted by molar-refractivity contribution is 5.90. The second-order valence-electron chi connectivity index (χ2n) is 2.72. The molecule has 1 aromatic carbocycles. The zero-order valence-electron chi connectivity index (χ0n) is 7.32. The number of carbonyl (C=O) groups excluding carboxylic acids is 1. The molecular weight excluding hydrogens is 166 g/mol. The van der Waals surface area contributed by atoms with E-state index in [1.165, 1.54) is 17.1 Å². The summed E-state index contributed by atoms with van der Waals surface area (Å²) >= 11 is 0. The highest BCUT2D eigenvalue weighted by atomic mass is 16.5. The van der Waals surface area contributed by atoms with Crippen molar-refractivity contribution in [3.63, 3.8) is 0 Å². The van der Waals surface area contributed by atoms with Crippen LogP contribution in [0.4, 0.5) is 0 Å². The molecule has 0 aliphatic rings. The molecule has 68 valence electrons. The Labute approximate surface area is 76.7 Å². The predicted octanol–water partition coefficient (Wildman–Crippen LogP) is 1.51. The summed E-state index contributed by atoms with van der Waals surface area (Å²) in [7, 11) is 0. The molecule has 0 fully saturated rings. The fourth-order valence-corrected chi connectivity index (χ4v) is 0.887. The molecule has 0 aliphatic carbocycles. The van der Waals surface area contributed by atoms with Crippen LogP contribution >= 0.6 is 0 Å². The van der Waals surface area contributed by atoms with E-state index >= 15 is 0 Å². The molecule has 2 N–H and O–H groups in total. The Kier molecular flexibility index (Phi) is 3.23. The largest absolute Gasteiger partial charge is 0.288 e. The Morgan fingerprint density at radius 2 is 2.00 bits per heavy atom. The first-order valence-electron chi connectivity index (χ1n) is 3.91. The van der Waals surface area contributed by atoms with Crippen molar-refractivity contribution in [3.05, 3.63) is 41.5 Å². The molecule has 0 saturated heterocycles. The Bertz CT molecular complexity index is 314. The standard InChI is InChI=1S/C10H11NO2/c1-8-2-4-9(5-3-8)6-7-10(12)11-13/h2-7,13H,1H3,(H,11,12)/b7-6+. The molecule has 0 spiro atoms. The first kappa shape index (κ1) is 9.48. The van der Waals surface area contributed by atoms with Crippen LogP contribution in [0.3, 0.4) is 0 Å². The molecule has 0 bridgehead atoms. The minimum Gasteiger partial charge on any atom is -0.288 e. The number of hydrogen-bond donors (Lipinski definition) is 2. The minimum atomic E-state index is -0.527. The number of rotatable bonds is 2. The molecular formula is C10H11NO2. The lowest BCUT2D eigenvalue weighted by Gasteiger charge is -1.94. The maximum Gasteiger partial charge on any atom is 0.267 e. The van der Waals surface area contributed by atoms with Gasteiger partial charge in [-0.3, -0.25) is 10.0 Å². The normalized spacial score (nSPS) is 10.3. The SMILES string of the molecule is Cc1ccc(/C=C/C(=O)NO)cc1. The van der Waals surface area contributed by atoms with Gasteiger partial charge < -0.3 is 0 Å². The second-order valence-corrected chi connectivity index (χ2v) is 2.72. The van der Waals surface area contributed by atoms with Crippen molar-refractivity contribution in [2.24, 2.45) is 0 Å². The van der Waals surface area contributed by atoms with Crippen molar-refractivity contribution in [1.82, 2.24) is 5.48 Å². The van der Waals surface area contributed by atoms with Gasteiger partial charge in [0.05, 0.1) is 0 Å². The molecule has 0 aromatic heterocycles. The van der Waals surface area contributed by atoms with Gasteiger partial charge in [-0.05, 0) is 18.6 Å². The van der Waals surface area contributed by atoms with E-state index in [2.05, 4.69) is 0 Å². The van der Waals surface area contributed by atoms with Crippen LogP contribution in [-0.4, -0.2) is 11.1 Å². The highest BCUT2D eigenvalue weighted by Gasteiger charge is 1.90. The van der Waals surface area contributed by atoms with Crippen LogP contribution in [0.25, 0.3) is 6.08 Å². The molecule has 3 nitrogen and oxygen atoms in total. The summed E-state index contributed by atoms with van der Waals surface area (Å²) in [4.78, 5) is 10.6. The summed E-state index contributed by atoms with van der Waals surface area (Å²) in [6.45, 7) is 1.99. The fourth-order valence-electron chi connectivity index (χ4n) is 0.887. The van der Waals surface area contributed by atoms with Gasteiger partial charge in [0.25, 0.3) is 5.91 Å². The van der Waals surface area contributed by atoms with E-state index < -0.39 is 5.91 Å². The zero-order chi connectivity index (χ0) is 9.68. The van der Waals surface area contributed by atoms with Crippen molar-refractivity contribution in [2.75, 3.05) is 0 Å². The van der Waals surface area contributed by atoms with Gasteiger partial charge in [-0.1, -0.05) is 29.8 Å². The lowest BCUT2D eigenvalue weighted by molar-refractivity contribution is -0.124. The van der Waals surface area contributed by atoms with Gasteiger partial charge in [0, 0.05) is 6.08 Å². The molecule has 0 aliphatic heterocycles. The summed E-state index contributed by atoms with van der Waals surface area (Å²) in [6.07, 6.45) is 2.90. The van der Waals surface area contributed by atoms with Gasteiger partial charge in [0.1, 0.15) is 0 Å². The highest BCUT2D eigenvalue weighted by Crippen LogP contribution is 2.04. The van der Waals surface area contributed by atoms with E-state index in [0.717, 1.165) is 5.56 Å². The molecule has 0 heterocycles. The zero-order valence-corrected chi connectivity index (χ0v) is 7.32. The van der Waals surface area contributed by atoms with Gasteiger partial charge in [-0.15, -0.1) is 0 Å². The second kappa shape index (κ2) is 4.42. The Hall–Kier alpha value is -1.61. The lowest BCUT2D eigenvalue weighted by atomic mass is 10.1.